The first-order valence-electron chi connectivity index (χ1n) is 6.67. The molecule has 15 heavy (non-hydrogen) atoms. The summed E-state index contributed by atoms with van der Waals surface area (Å²) in [5, 5.41) is 12.2. The van der Waals surface area contributed by atoms with Gasteiger partial charge in [0.05, 0.1) is 0 Å². The Balaban J connectivity index is 1.87. The number of rotatable bonds is 8. The minimum absolute atomic E-state index is 0.327. The molecule has 1 aliphatic carbocycles. The summed E-state index contributed by atoms with van der Waals surface area (Å²) in [4.78, 5) is 0. The number of nitrogens with one attached hydrogen (secondary N) is 1. The van der Waals surface area contributed by atoms with Gasteiger partial charge < -0.3 is 10.4 Å². The van der Waals surface area contributed by atoms with E-state index in [1.807, 2.05) is 0 Å². The third kappa shape index (κ3) is 6.16. The zero-order valence-corrected chi connectivity index (χ0v) is 10.2. The first-order valence-corrected chi connectivity index (χ1v) is 6.67. The van der Waals surface area contributed by atoms with E-state index in [2.05, 4.69) is 12.2 Å². The first kappa shape index (κ1) is 13.0. The van der Waals surface area contributed by atoms with Crippen molar-refractivity contribution in [3.05, 3.63) is 0 Å². The highest BCUT2D eigenvalue weighted by Crippen LogP contribution is 2.28. The van der Waals surface area contributed by atoms with Gasteiger partial charge in [0.15, 0.2) is 0 Å². The summed E-state index contributed by atoms with van der Waals surface area (Å²) in [5.74, 6) is 1.03. The molecule has 0 bridgehead atoms. The third-order valence-electron chi connectivity index (χ3n) is 3.55. The maximum absolute atomic E-state index is 8.70. The predicted molar refractivity (Wildman–Crippen MR) is 65.0 cm³/mol. The van der Waals surface area contributed by atoms with Gasteiger partial charge in [-0.3, -0.25) is 0 Å². The van der Waals surface area contributed by atoms with Gasteiger partial charge in [0.1, 0.15) is 0 Å². The van der Waals surface area contributed by atoms with Crippen molar-refractivity contribution in [2.45, 2.75) is 64.3 Å². The lowest BCUT2D eigenvalue weighted by Crippen LogP contribution is -2.27. The van der Waals surface area contributed by atoms with Gasteiger partial charge in [-0.2, -0.15) is 0 Å². The van der Waals surface area contributed by atoms with Crippen LogP contribution >= 0.6 is 0 Å². The number of hydrogen-bond donors (Lipinski definition) is 2. The molecule has 0 amide bonds. The van der Waals surface area contributed by atoms with Crippen molar-refractivity contribution in [3.8, 4) is 0 Å². The molecule has 0 aromatic heterocycles. The molecule has 1 fully saturated rings. The van der Waals surface area contributed by atoms with Crippen LogP contribution in [0.1, 0.15) is 58.3 Å². The van der Waals surface area contributed by atoms with Crippen molar-refractivity contribution in [2.75, 3.05) is 13.2 Å². The van der Waals surface area contributed by atoms with E-state index in [1.54, 1.807) is 0 Å². The zero-order valence-electron chi connectivity index (χ0n) is 10.2. The Hall–Kier alpha value is -0.0800. The molecule has 1 unspecified atom stereocenters. The molecule has 1 atom stereocenters. The second-order valence-corrected chi connectivity index (χ2v) is 5.01. The second kappa shape index (κ2) is 8.12. The van der Waals surface area contributed by atoms with Gasteiger partial charge in [-0.05, 0) is 45.1 Å². The Morgan fingerprint density at radius 2 is 2.00 bits per heavy atom. The van der Waals surface area contributed by atoms with E-state index in [9.17, 15) is 0 Å². The maximum Gasteiger partial charge on any atom is 0.0431 e. The van der Waals surface area contributed by atoms with Crippen molar-refractivity contribution >= 4 is 0 Å². The van der Waals surface area contributed by atoms with Crippen LogP contribution in [0.4, 0.5) is 0 Å². The highest BCUT2D eigenvalue weighted by Gasteiger charge is 2.13. The van der Waals surface area contributed by atoms with Crippen molar-refractivity contribution < 1.29 is 5.11 Å². The van der Waals surface area contributed by atoms with Crippen LogP contribution in [0, 0.1) is 5.92 Å². The molecule has 2 nitrogen and oxygen atoms in total. The second-order valence-electron chi connectivity index (χ2n) is 5.01. The first-order chi connectivity index (χ1) is 7.33. The quantitative estimate of drug-likeness (QED) is 0.608. The van der Waals surface area contributed by atoms with Crippen molar-refractivity contribution in [2.24, 2.45) is 5.92 Å². The summed E-state index contributed by atoms with van der Waals surface area (Å²) in [7, 11) is 0. The van der Waals surface area contributed by atoms with E-state index >= 15 is 0 Å². The summed E-state index contributed by atoms with van der Waals surface area (Å²) in [6, 6.07) is 0.570. The standard InChI is InChI=1S/C13H27NO/c1-12(6-5-11-15)14-10-4-9-13-7-2-3-8-13/h12-15H,2-11H2,1H3. The zero-order chi connectivity index (χ0) is 10.9. The van der Waals surface area contributed by atoms with E-state index < -0.39 is 0 Å². The Morgan fingerprint density at radius 1 is 1.27 bits per heavy atom. The molecule has 90 valence electrons. The molecule has 0 aromatic rings. The summed E-state index contributed by atoms with van der Waals surface area (Å²) in [6.45, 7) is 3.70. The fourth-order valence-electron chi connectivity index (χ4n) is 2.54. The highest BCUT2D eigenvalue weighted by atomic mass is 16.2. The lowest BCUT2D eigenvalue weighted by atomic mass is 10.0. The van der Waals surface area contributed by atoms with Crippen molar-refractivity contribution in [1.82, 2.24) is 5.32 Å². The number of hydrogen-bond acceptors (Lipinski definition) is 2. The fraction of sp³-hybridized carbons (Fsp3) is 1.00. The van der Waals surface area contributed by atoms with E-state index in [1.165, 1.54) is 38.5 Å². The van der Waals surface area contributed by atoms with Crippen LogP contribution in [0.5, 0.6) is 0 Å². The Bertz CT molecular complexity index is 143. The minimum atomic E-state index is 0.327. The molecule has 0 saturated heterocycles. The molecular formula is C13H27NO. The summed E-state index contributed by atoms with van der Waals surface area (Å²) in [5.41, 5.74) is 0. The normalized spacial score (nSPS) is 19.6. The summed E-state index contributed by atoms with van der Waals surface area (Å²) >= 11 is 0. The van der Waals surface area contributed by atoms with E-state index in [0.717, 1.165) is 25.3 Å². The van der Waals surface area contributed by atoms with E-state index in [4.69, 9.17) is 5.11 Å². The molecule has 2 N–H and O–H groups in total. The molecule has 0 aromatic carbocycles. The Kier molecular flexibility index (Phi) is 7.03. The minimum Gasteiger partial charge on any atom is -0.396 e. The molecular weight excluding hydrogens is 186 g/mol. The third-order valence-corrected chi connectivity index (χ3v) is 3.55. The highest BCUT2D eigenvalue weighted by molar-refractivity contribution is 4.68. The van der Waals surface area contributed by atoms with Gasteiger partial charge in [-0.25, -0.2) is 0 Å². The van der Waals surface area contributed by atoms with Gasteiger partial charge in [0.2, 0.25) is 0 Å². The monoisotopic (exact) mass is 213 g/mol. The van der Waals surface area contributed by atoms with Crippen molar-refractivity contribution in [1.29, 1.82) is 0 Å². The molecule has 2 heteroatoms. The average Bonchev–Trinajstić information content (AvgIpc) is 2.74. The van der Waals surface area contributed by atoms with Gasteiger partial charge in [-0.15, -0.1) is 0 Å². The van der Waals surface area contributed by atoms with E-state index in [-0.39, 0.29) is 0 Å². The van der Waals surface area contributed by atoms with Crippen LogP contribution in [0.25, 0.3) is 0 Å². The van der Waals surface area contributed by atoms with Gasteiger partial charge in [0.25, 0.3) is 0 Å². The van der Waals surface area contributed by atoms with Gasteiger partial charge in [-0.1, -0.05) is 25.7 Å². The SMILES string of the molecule is CC(CCCO)NCCCC1CCCC1. The molecule has 0 aliphatic heterocycles. The Morgan fingerprint density at radius 3 is 2.67 bits per heavy atom. The Labute approximate surface area is 94.5 Å². The molecule has 0 heterocycles. The fourth-order valence-corrected chi connectivity index (χ4v) is 2.54. The van der Waals surface area contributed by atoms with Crippen LogP contribution in [-0.4, -0.2) is 24.3 Å². The van der Waals surface area contributed by atoms with Crippen LogP contribution in [0.15, 0.2) is 0 Å². The molecule has 1 aliphatic rings. The van der Waals surface area contributed by atoms with Crippen LogP contribution in [-0.2, 0) is 0 Å². The predicted octanol–water partition coefficient (Wildman–Crippen LogP) is 2.71. The number of aliphatic hydroxyl groups excluding tert-OH is 1. The summed E-state index contributed by atoms with van der Waals surface area (Å²) < 4.78 is 0. The number of aliphatic hydroxyl groups is 1. The maximum atomic E-state index is 8.70. The van der Waals surface area contributed by atoms with Crippen LogP contribution < -0.4 is 5.32 Å². The lowest BCUT2D eigenvalue weighted by Gasteiger charge is -2.14. The van der Waals surface area contributed by atoms with E-state index in [0.29, 0.717) is 12.6 Å². The molecule has 1 saturated carbocycles. The average molecular weight is 213 g/mol. The van der Waals surface area contributed by atoms with Gasteiger partial charge in [0, 0.05) is 12.6 Å². The lowest BCUT2D eigenvalue weighted by molar-refractivity contribution is 0.276. The molecule has 0 spiro atoms. The van der Waals surface area contributed by atoms with Crippen molar-refractivity contribution in [3.63, 3.8) is 0 Å². The van der Waals surface area contributed by atoms with Crippen LogP contribution in [0.2, 0.25) is 0 Å². The molecule has 1 rings (SSSR count). The largest absolute Gasteiger partial charge is 0.396 e. The van der Waals surface area contributed by atoms with Gasteiger partial charge >= 0.3 is 0 Å². The summed E-state index contributed by atoms with van der Waals surface area (Å²) in [6.07, 6.45) is 10.6. The molecule has 0 radical (unpaired) electrons. The van der Waals surface area contributed by atoms with Crippen LogP contribution in [0.3, 0.4) is 0 Å². The smallest absolute Gasteiger partial charge is 0.0431 e. The topological polar surface area (TPSA) is 32.3 Å².